The summed E-state index contributed by atoms with van der Waals surface area (Å²) in [4.78, 5) is 4.28. The van der Waals surface area contributed by atoms with Gasteiger partial charge in [-0.15, -0.1) is 0 Å². The third-order valence-corrected chi connectivity index (χ3v) is 3.24. The van der Waals surface area contributed by atoms with Gasteiger partial charge < -0.3 is 14.9 Å². The zero-order valence-corrected chi connectivity index (χ0v) is 11.6. The Morgan fingerprint density at radius 1 is 1.32 bits per heavy atom. The molecule has 1 aromatic carbocycles. The standard InChI is InChI=1S/C14H11BrN2O2/c15-9-3-4-13-11(6-9)14(12(16)7-17-13)19-8-10-2-1-5-18-10/h1-7H,8,16H2. The van der Waals surface area contributed by atoms with E-state index in [9.17, 15) is 0 Å². The van der Waals surface area contributed by atoms with Gasteiger partial charge in [0.1, 0.15) is 12.4 Å². The second kappa shape index (κ2) is 4.93. The van der Waals surface area contributed by atoms with Gasteiger partial charge in [-0.25, -0.2) is 0 Å². The van der Waals surface area contributed by atoms with Crippen molar-refractivity contribution in [3.8, 4) is 5.75 Å². The fourth-order valence-electron chi connectivity index (χ4n) is 1.86. The number of nitrogens with two attached hydrogens (primary N) is 1. The van der Waals surface area contributed by atoms with Crippen LogP contribution < -0.4 is 10.5 Å². The smallest absolute Gasteiger partial charge is 0.153 e. The minimum atomic E-state index is 0.336. The first-order chi connectivity index (χ1) is 9.24. The van der Waals surface area contributed by atoms with Crippen molar-refractivity contribution in [3.63, 3.8) is 0 Å². The van der Waals surface area contributed by atoms with Crippen molar-refractivity contribution in [1.29, 1.82) is 0 Å². The van der Waals surface area contributed by atoms with Crippen LogP contribution in [0.1, 0.15) is 5.76 Å². The number of furan rings is 1. The second-order valence-electron chi connectivity index (χ2n) is 4.07. The van der Waals surface area contributed by atoms with Crippen LogP contribution in [0.25, 0.3) is 10.9 Å². The Morgan fingerprint density at radius 3 is 3.00 bits per heavy atom. The predicted octanol–water partition coefficient (Wildman–Crippen LogP) is 3.75. The Labute approximate surface area is 118 Å². The average molecular weight is 319 g/mol. The number of hydrogen-bond donors (Lipinski definition) is 1. The molecule has 2 aromatic heterocycles. The maximum absolute atomic E-state index is 5.94. The maximum Gasteiger partial charge on any atom is 0.153 e. The van der Waals surface area contributed by atoms with Crippen LogP contribution >= 0.6 is 15.9 Å². The molecule has 0 spiro atoms. The van der Waals surface area contributed by atoms with Crippen LogP contribution in [0.3, 0.4) is 0 Å². The largest absolute Gasteiger partial charge is 0.483 e. The number of benzene rings is 1. The highest BCUT2D eigenvalue weighted by Crippen LogP contribution is 2.32. The van der Waals surface area contributed by atoms with Crippen molar-refractivity contribution in [3.05, 3.63) is 53.0 Å². The van der Waals surface area contributed by atoms with Gasteiger partial charge in [0.2, 0.25) is 0 Å². The summed E-state index contributed by atoms with van der Waals surface area (Å²) in [6, 6.07) is 9.47. The summed E-state index contributed by atoms with van der Waals surface area (Å²) in [5.41, 5.74) is 7.29. The normalized spacial score (nSPS) is 10.8. The number of fused-ring (bicyclic) bond motifs is 1. The van der Waals surface area contributed by atoms with E-state index >= 15 is 0 Å². The van der Waals surface area contributed by atoms with Crippen LogP contribution in [0.5, 0.6) is 5.75 Å². The van der Waals surface area contributed by atoms with Crippen LogP contribution in [0.4, 0.5) is 5.69 Å². The summed E-state index contributed by atoms with van der Waals surface area (Å²) < 4.78 is 12.0. The number of halogens is 1. The lowest BCUT2D eigenvalue weighted by Gasteiger charge is -2.10. The maximum atomic E-state index is 5.94. The molecule has 0 unspecified atom stereocenters. The monoisotopic (exact) mass is 318 g/mol. The number of rotatable bonds is 3. The molecular formula is C14H11BrN2O2. The van der Waals surface area contributed by atoms with E-state index in [0.717, 1.165) is 21.1 Å². The Morgan fingerprint density at radius 2 is 2.21 bits per heavy atom. The van der Waals surface area contributed by atoms with E-state index < -0.39 is 0 Å². The Balaban J connectivity index is 2.01. The highest BCUT2D eigenvalue weighted by atomic mass is 79.9. The molecule has 3 rings (SSSR count). The molecule has 0 atom stereocenters. The molecule has 2 N–H and O–H groups in total. The molecule has 96 valence electrons. The lowest BCUT2D eigenvalue weighted by Crippen LogP contribution is -1.99. The van der Waals surface area contributed by atoms with Gasteiger partial charge >= 0.3 is 0 Å². The Kier molecular flexibility index (Phi) is 3.13. The molecule has 4 nitrogen and oxygen atoms in total. The van der Waals surface area contributed by atoms with Gasteiger partial charge in [0, 0.05) is 9.86 Å². The topological polar surface area (TPSA) is 61.3 Å². The summed E-state index contributed by atoms with van der Waals surface area (Å²) in [7, 11) is 0. The van der Waals surface area contributed by atoms with Crippen LogP contribution in [0, 0.1) is 0 Å². The molecule has 0 saturated heterocycles. The van der Waals surface area contributed by atoms with Gasteiger partial charge in [-0.2, -0.15) is 0 Å². The van der Waals surface area contributed by atoms with Crippen LogP contribution in [-0.2, 0) is 6.61 Å². The van der Waals surface area contributed by atoms with E-state index in [2.05, 4.69) is 20.9 Å². The molecule has 0 amide bonds. The summed E-state index contributed by atoms with van der Waals surface area (Å²) in [6.45, 7) is 0.336. The number of hydrogen-bond acceptors (Lipinski definition) is 4. The summed E-state index contributed by atoms with van der Waals surface area (Å²) in [6.07, 6.45) is 3.22. The second-order valence-corrected chi connectivity index (χ2v) is 4.99. The molecule has 5 heteroatoms. The molecular weight excluding hydrogens is 308 g/mol. The van der Waals surface area contributed by atoms with Crippen molar-refractivity contribution in [2.24, 2.45) is 0 Å². The quantitative estimate of drug-likeness (QED) is 0.798. The Bertz CT molecular complexity index is 706. The molecule has 0 aliphatic rings. The zero-order chi connectivity index (χ0) is 13.2. The molecule has 2 heterocycles. The van der Waals surface area contributed by atoms with E-state index in [-0.39, 0.29) is 0 Å². The summed E-state index contributed by atoms with van der Waals surface area (Å²) in [5.74, 6) is 1.38. The van der Waals surface area contributed by atoms with Crippen molar-refractivity contribution in [1.82, 2.24) is 4.98 Å². The molecule has 0 radical (unpaired) electrons. The first kappa shape index (κ1) is 12.0. The molecule has 19 heavy (non-hydrogen) atoms. The molecule has 0 saturated carbocycles. The van der Waals surface area contributed by atoms with Gasteiger partial charge in [-0.05, 0) is 30.3 Å². The number of pyridine rings is 1. The van der Waals surface area contributed by atoms with Crippen molar-refractivity contribution < 1.29 is 9.15 Å². The number of anilines is 1. The lowest BCUT2D eigenvalue weighted by atomic mass is 10.2. The van der Waals surface area contributed by atoms with Crippen LogP contribution in [0.15, 0.2) is 51.7 Å². The van der Waals surface area contributed by atoms with E-state index in [1.807, 2.05) is 30.3 Å². The Hall–Kier alpha value is -2.01. The number of nitrogen functional groups attached to an aromatic ring is 1. The van der Waals surface area contributed by atoms with Gasteiger partial charge in [-0.3, -0.25) is 4.98 Å². The molecule has 0 bridgehead atoms. The third kappa shape index (κ3) is 2.42. The van der Waals surface area contributed by atoms with Crippen LogP contribution in [0.2, 0.25) is 0 Å². The van der Waals surface area contributed by atoms with Gasteiger partial charge in [0.25, 0.3) is 0 Å². The van der Waals surface area contributed by atoms with Crippen molar-refractivity contribution in [2.75, 3.05) is 5.73 Å². The molecule has 0 fully saturated rings. The van der Waals surface area contributed by atoms with Gasteiger partial charge in [-0.1, -0.05) is 15.9 Å². The van der Waals surface area contributed by atoms with E-state index in [4.69, 9.17) is 14.9 Å². The number of aromatic nitrogens is 1. The predicted molar refractivity (Wildman–Crippen MR) is 76.9 cm³/mol. The number of ether oxygens (including phenoxy) is 1. The SMILES string of the molecule is Nc1cnc2ccc(Br)cc2c1OCc1ccco1. The minimum absolute atomic E-state index is 0.336. The van der Waals surface area contributed by atoms with Gasteiger partial charge in [0.15, 0.2) is 5.75 Å². The fourth-order valence-corrected chi connectivity index (χ4v) is 2.22. The highest BCUT2D eigenvalue weighted by Gasteiger charge is 2.09. The van der Waals surface area contributed by atoms with Crippen LogP contribution in [-0.4, -0.2) is 4.98 Å². The first-order valence-electron chi connectivity index (χ1n) is 5.73. The molecule has 0 aliphatic carbocycles. The minimum Gasteiger partial charge on any atom is -0.483 e. The van der Waals surface area contributed by atoms with E-state index in [1.165, 1.54) is 0 Å². The zero-order valence-electron chi connectivity index (χ0n) is 9.97. The fraction of sp³-hybridized carbons (Fsp3) is 0.0714. The van der Waals surface area contributed by atoms with E-state index in [0.29, 0.717) is 18.0 Å². The summed E-state index contributed by atoms with van der Waals surface area (Å²) >= 11 is 3.44. The van der Waals surface area contributed by atoms with Gasteiger partial charge in [0.05, 0.1) is 23.7 Å². The highest BCUT2D eigenvalue weighted by molar-refractivity contribution is 9.10. The lowest BCUT2D eigenvalue weighted by molar-refractivity contribution is 0.274. The first-order valence-corrected chi connectivity index (χ1v) is 6.52. The van der Waals surface area contributed by atoms with Crippen molar-refractivity contribution >= 4 is 32.5 Å². The number of nitrogens with zero attached hydrogens (tertiary/aromatic N) is 1. The van der Waals surface area contributed by atoms with Crippen molar-refractivity contribution in [2.45, 2.75) is 6.61 Å². The van der Waals surface area contributed by atoms with E-state index in [1.54, 1.807) is 12.5 Å². The molecule has 0 aliphatic heterocycles. The average Bonchev–Trinajstić information content (AvgIpc) is 2.91. The summed E-state index contributed by atoms with van der Waals surface area (Å²) in [5, 5.41) is 0.876. The third-order valence-electron chi connectivity index (χ3n) is 2.75. The molecule has 3 aromatic rings.